The zero-order chi connectivity index (χ0) is 9.68. The van der Waals surface area contributed by atoms with Crippen LogP contribution in [0.15, 0.2) is 43.0 Å². The van der Waals surface area contributed by atoms with Crippen LogP contribution in [0.1, 0.15) is 0 Å². The van der Waals surface area contributed by atoms with Gasteiger partial charge in [0.2, 0.25) is 0 Å². The highest BCUT2D eigenvalue weighted by molar-refractivity contribution is 5.43. The van der Waals surface area contributed by atoms with Crippen LogP contribution >= 0.6 is 0 Å². The number of benzene rings is 1. The maximum absolute atomic E-state index is 10.4. The van der Waals surface area contributed by atoms with Crippen LogP contribution in [-0.4, -0.2) is 11.1 Å². The van der Waals surface area contributed by atoms with Crippen LogP contribution < -0.4 is 5.32 Å². The molecule has 0 spiro atoms. The Morgan fingerprint density at radius 3 is 2.54 bits per heavy atom. The summed E-state index contributed by atoms with van der Waals surface area (Å²) in [6.07, 6.45) is 0.329. The van der Waals surface area contributed by atoms with E-state index in [9.17, 15) is 10.1 Å². The minimum Gasteiger partial charge on any atom is -0.320 e. The lowest BCUT2D eigenvalue weighted by atomic mass is 10.3. The van der Waals surface area contributed by atoms with Crippen molar-refractivity contribution in [2.75, 3.05) is 5.32 Å². The van der Waals surface area contributed by atoms with Gasteiger partial charge in [0.25, 0.3) is 0 Å². The lowest BCUT2D eigenvalue weighted by Gasteiger charge is -2.07. The average molecular weight is 178 g/mol. The molecule has 4 nitrogen and oxygen atoms in total. The first kappa shape index (κ1) is 9.25. The highest BCUT2D eigenvalue weighted by atomic mass is 16.6. The van der Waals surface area contributed by atoms with Crippen LogP contribution in [0.4, 0.5) is 5.69 Å². The summed E-state index contributed by atoms with van der Waals surface area (Å²) in [5.41, 5.74) is 0.712. The molecule has 0 aliphatic rings. The molecule has 0 aliphatic heterocycles. The van der Waals surface area contributed by atoms with E-state index in [0.29, 0.717) is 5.69 Å². The van der Waals surface area contributed by atoms with E-state index < -0.39 is 11.1 Å². The Balaban J connectivity index is 2.67. The van der Waals surface area contributed by atoms with Gasteiger partial charge in [0.1, 0.15) is 0 Å². The monoisotopic (exact) mass is 178 g/mol. The molecule has 1 atom stereocenters. The van der Waals surface area contributed by atoms with Gasteiger partial charge in [-0.1, -0.05) is 24.8 Å². The van der Waals surface area contributed by atoms with E-state index in [4.69, 9.17) is 0 Å². The quantitative estimate of drug-likeness (QED) is 0.331. The van der Waals surface area contributed by atoms with Gasteiger partial charge in [0.15, 0.2) is 0 Å². The van der Waals surface area contributed by atoms with Crippen LogP contribution in [0.2, 0.25) is 0 Å². The van der Waals surface area contributed by atoms with Crippen molar-refractivity contribution in [3.8, 4) is 0 Å². The highest BCUT2D eigenvalue weighted by Crippen LogP contribution is 2.07. The minimum absolute atomic E-state index is 0.431. The van der Waals surface area contributed by atoms with E-state index >= 15 is 0 Å². The van der Waals surface area contributed by atoms with E-state index in [1.807, 2.05) is 18.2 Å². The first-order valence-electron chi connectivity index (χ1n) is 3.81. The maximum Gasteiger partial charge on any atom is 0.303 e. The number of anilines is 1. The Hall–Kier alpha value is -1.84. The third kappa shape index (κ3) is 2.59. The van der Waals surface area contributed by atoms with Crippen LogP contribution in [0.5, 0.6) is 0 Å². The fourth-order valence-corrected chi connectivity index (χ4v) is 0.903. The predicted octanol–water partition coefficient (Wildman–Crippen LogP) is 1.89. The molecule has 0 aliphatic carbocycles. The molecule has 68 valence electrons. The number of nitrogens with one attached hydrogen (secondary N) is 1. The number of para-hydroxylation sites is 1. The summed E-state index contributed by atoms with van der Waals surface area (Å²) < 4.78 is 0. The largest absolute Gasteiger partial charge is 0.320 e. The third-order valence-electron chi connectivity index (χ3n) is 1.54. The van der Waals surface area contributed by atoms with Crippen LogP contribution in [0, 0.1) is 10.1 Å². The van der Waals surface area contributed by atoms with Crippen molar-refractivity contribution in [2.45, 2.75) is 6.17 Å². The molecule has 1 unspecified atom stereocenters. The fraction of sp³-hybridized carbons (Fsp3) is 0.111. The molecule has 0 saturated heterocycles. The summed E-state index contributed by atoms with van der Waals surface area (Å²) in [6, 6.07) is 8.99. The molecule has 13 heavy (non-hydrogen) atoms. The topological polar surface area (TPSA) is 55.2 Å². The molecule has 1 aromatic carbocycles. The molecule has 0 fully saturated rings. The summed E-state index contributed by atoms with van der Waals surface area (Å²) in [5, 5.41) is 13.1. The zero-order valence-electron chi connectivity index (χ0n) is 7.01. The van der Waals surface area contributed by atoms with Gasteiger partial charge in [-0.2, -0.15) is 0 Å². The number of nitrogens with zero attached hydrogens (tertiary/aromatic N) is 1. The van der Waals surface area contributed by atoms with Gasteiger partial charge < -0.3 is 5.32 Å². The van der Waals surface area contributed by atoms with E-state index in [-0.39, 0.29) is 0 Å². The van der Waals surface area contributed by atoms with Gasteiger partial charge >= 0.3 is 6.17 Å². The molecule has 0 amide bonds. The SMILES string of the molecule is C=CC(Nc1ccccc1)[N+](=O)[O-]. The second-order valence-electron chi connectivity index (χ2n) is 2.48. The first-order chi connectivity index (χ1) is 6.24. The number of hydrogen-bond donors (Lipinski definition) is 1. The number of rotatable bonds is 4. The van der Waals surface area contributed by atoms with Gasteiger partial charge in [-0.05, 0) is 12.1 Å². The smallest absolute Gasteiger partial charge is 0.303 e. The van der Waals surface area contributed by atoms with E-state index in [1.54, 1.807) is 12.1 Å². The molecule has 0 saturated carbocycles. The van der Waals surface area contributed by atoms with Crippen molar-refractivity contribution in [3.05, 3.63) is 53.1 Å². The molecule has 1 aromatic rings. The Bertz CT molecular complexity index is 298. The highest BCUT2D eigenvalue weighted by Gasteiger charge is 2.13. The van der Waals surface area contributed by atoms with Gasteiger partial charge in [-0.25, -0.2) is 0 Å². The van der Waals surface area contributed by atoms with Crippen LogP contribution in [-0.2, 0) is 0 Å². The minimum atomic E-state index is -0.928. The van der Waals surface area contributed by atoms with Crippen LogP contribution in [0.25, 0.3) is 0 Å². The summed E-state index contributed by atoms with van der Waals surface area (Å²) in [6.45, 7) is 3.37. The zero-order valence-corrected chi connectivity index (χ0v) is 7.01. The normalized spacial score (nSPS) is 11.7. The molecule has 0 radical (unpaired) electrons. The molecule has 4 heteroatoms. The second-order valence-corrected chi connectivity index (χ2v) is 2.48. The van der Waals surface area contributed by atoms with Gasteiger partial charge in [0.05, 0.1) is 0 Å². The molecular weight excluding hydrogens is 168 g/mol. The van der Waals surface area contributed by atoms with Crippen LogP contribution in [0.3, 0.4) is 0 Å². The number of hydrogen-bond acceptors (Lipinski definition) is 3. The van der Waals surface area contributed by atoms with E-state index in [2.05, 4.69) is 11.9 Å². The molecule has 1 N–H and O–H groups in total. The van der Waals surface area contributed by atoms with Gasteiger partial charge in [-0.3, -0.25) is 10.1 Å². The Morgan fingerprint density at radius 1 is 1.46 bits per heavy atom. The molecule has 0 heterocycles. The standard InChI is InChI=1S/C9H10N2O2/c1-2-9(11(12)13)10-8-6-4-3-5-7-8/h2-7,9-10H,1H2. The van der Waals surface area contributed by atoms with Gasteiger partial charge in [-0.15, -0.1) is 0 Å². The molecular formula is C9H10N2O2. The van der Waals surface area contributed by atoms with Crippen molar-refractivity contribution < 1.29 is 4.92 Å². The lowest BCUT2D eigenvalue weighted by Crippen LogP contribution is -2.25. The predicted molar refractivity (Wildman–Crippen MR) is 51.0 cm³/mol. The van der Waals surface area contributed by atoms with Crippen molar-refractivity contribution >= 4 is 5.69 Å². The number of nitro groups is 1. The Kier molecular flexibility index (Phi) is 3.03. The third-order valence-corrected chi connectivity index (χ3v) is 1.54. The molecule has 0 aromatic heterocycles. The first-order valence-corrected chi connectivity index (χ1v) is 3.81. The summed E-state index contributed by atoms with van der Waals surface area (Å²) in [5.74, 6) is 0. The van der Waals surface area contributed by atoms with E-state index in [0.717, 1.165) is 0 Å². The lowest BCUT2D eigenvalue weighted by molar-refractivity contribution is -0.501. The molecule has 0 bridgehead atoms. The van der Waals surface area contributed by atoms with Crippen molar-refractivity contribution in [1.29, 1.82) is 0 Å². The second kappa shape index (κ2) is 4.25. The fourth-order valence-electron chi connectivity index (χ4n) is 0.903. The van der Waals surface area contributed by atoms with Gasteiger partial charge in [0, 0.05) is 16.7 Å². The van der Waals surface area contributed by atoms with Crippen molar-refractivity contribution in [3.63, 3.8) is 0 Å². The Morgan fingerprint density at radius 2 is 2.08 bits per heavy atom. The van der Waals surface area contributed by atoms with E-state index in [1.165, 1.54) is 6.08 Å². The maximum atomic E-state index is 10.4. The summed E-state index contributed by atoms with van der Waals surface area (Å²) >= 11 is 0. The molecule has 1 rings (SSSR count). The summed E-state index contributed by atoms with van der Waals surface area (Å²) in [4.78, 5) is 9.98. The summed E-state index contributed by atoms with van der Waals surface area (Å²) in [7, 11) is 0. The average Bonchev–Trinajstić information content (AvgIpc) is 2.15. The van der Waals surface area contributed by atoms with Crippen molar-refractivity contribution in [1.82, 2.24) is 0 Å². The van der Waals surface area contributed by atoms with Crippen molar-refractivity contribution in [2.24, 2.45) is 0 Å². The Labute approximate surface area is 76.0 Å².